The lowest BCUT2D eigenvalue weighted by atomic mass is 9.73. The van der Waals surface area contributed by atoms with Crippen LogP contribution in [0, 0.1) is 5.41 Å². The molecule has 0 N–H and O–H groups in total. The lowest BCUT2D eigenvalue weighted by Crippen LogP contribution is -2.58. The Kier molecular flexibility index (Phi) is 4.72. The summed E-state index contributed by atoms with van der Waals surface area (Å²) in [6, 6.07) is 5.68. The number of carbonyl (C=O) groups is 1. The number of carbonyl (C=O) groups excluding carboxylic acids is 1. The Hall–Kier alpha value is -1.92. The lowest BCUT2D eigenvalue weighted by molar-refractivity contribution is -0.133. The predicted molar refractivity (Wildman–Crippen MR) is 96.0 cm³/mol. The van der Waals surface area contributed by atoms with Crippen molar-refractivity contribution in [2.45, 2.75) is 25.4 Å². The predicted octanol–water partition coefficient (Wildman–Crippen LogP) is 3.23. The van der Waals surface area contributed by atoms with E-state index in [0.29, 0.717) is 13.2 Å². The maximum absolute atomic E-state index is 12.8. The van der Waals surface area contributed by atoms with Crippen molar-refractivity contribution in [2.24, 2.45) is 5.41 Å². The Balaban J connectivity index is 1.51. The molecule has 2 aliphatic rings. The van der Waals surface area contributed by atoms with E-state index in [1.165, 1.54) is 0 Å². The van der Waals surface area contributed by atoms with E-state index in [0.717, 1.165) is 43.7 Å². The van der Waals surface area contributed by atoms with Crippen molar-refractivity contribution in [3.05, 3.63) is 46.9 Å². The molecule has 0 radical (unpaired) electrons. The molecular formula is C19H22N2O3S. The molecule has 4 heterocycles. The number of likely N-dealkylation sites (tertiary alicyclic amines) is 1. The third-order valence-corrected chi connectivity index (χ3v) is 5.89. The van der Waals surface area contributed by atoms with Gasteiger partial charge < -0.3 is 14.4 Å². The van der Waals surface area contributed by atoms with Crippen LogP contribution in [0.3, 0.4) is 0 Å². The van der Waals surface area contributed by atoms with Crippen molar-refractivity contribution in [3.63, 3.8) is 0 Å². The van der Waals surface area contributed by atoms with Gasteiger partial charge in [0.15, 0.2) is 0 Å². The summed E-state index contributed by atoms with van der Waals surface area (Å²) in [5, 5.41) is 3.87. The Morgan fingerprint density at radius 1 is 1.48 bits per heavy atom. The molecule has 0 saturated carbocycles. The monoisotopic (exact) mass is 358 g/mol. The molecular weight excluding hydrogens is 336 g/mol. The molecule has 2 atom stereocenters. The van der Waals surface area contributed by atoms with E-state index < -0.39 is 0 Å². The van der Waals surface area contributed by atoms with E-state index in [-0.39, 0.29) is 17.4 Å². The summed E-state index contributed by atoms with van der Waals surface area (Å²) in [4.78, 5) is 18.9. The van der Waals surface area contributed by atoms with Gasteiger partial charge in [0, 0.05) is 36.7 Å². The van der Waals surface area contributed by atoms with Crippen LogP contribution in [0.1, 0.15) is 29.6 Å². The fraction of sp³-hybridized carbons (Fsp3) is 0.474. The molecule has 2 aromatic heterocycles. The lowest BCUT2D eigenvalue weighted by Gasteiger charge is -2.50. The number of nitrogens with zero attached hydrogens (tertiary/aromatic N) is 2. The number of pyridine rings is 1. The SMILES string of the molecule is O=C(c1ccsc1)N1CCC2OCCCC2(COc2cccnc2)C1. The third kappa shape index (κ3) is 3.41. The van der Waals surface area contributed by atoms with Crippen LogP contribution in [0.25, 0.3) is 0 Å². The second kappa shape index (κ2) is 7.14. The highest BCUT2D eigenvalue weighted by Crippen LogP contribution is 2.41. The van der Waals surface area contributed by atoms with Gasteiger partial charge in [-0.1, -0.05) is 0 Å². The molecule has 1 amide bonds. The first-order chi connectivity index (χ1) is 12.3. The summed E-state index contributed by atoms with van der Waals surface area (Å²) in [6.07, 6.45) is 6.52. The van der Waals surface area contributed by atoms with E-state index in [4.69, 9.17) is 9.47 Å². The summed E-state index contributed by atoms with van der Waals surface area (Å²) in [5.74, 6) is 0.883. The van der Waals surface area contributed by atoms with Crippen molar-refractivity contribution in [3.8, 4) is 5.75 Å². The van der Waals surface area contributed by atoms with Crippen LogP contribution in [-0.4, -0.2) is 48.2 Å². The second-order valence-corrected chi connectivity index (χ2v) is 7.61. The van der Waals surface area contributed by atoms with Crippen LogP contribution in [0.4, 0.5) is 0 Å². The fourth-order valence-electron chi connectivity index (χ4n) is 3.90. The number of piperidine rings is 1. The molecule has 2 fully saturated rings. The molecule has 2 unspecified atom stereocenters. The zero-order chi connectivity index (χ0) is 17.1. The van der Waals surface area contributed by atoms with Gasteiger partial charge in [-0.25, -0.2) is 0 Å². The molecule has 0 spiro atoms. The zero-order valence-electron chi connectivity index (χ0n) is 14.1. The normalized spacial score (nSPS) is 26.1. The van der Waals surface area contributed by atoms with E-state index in [2.05, 4.69) is 4.98 Å². The Morgan fingerprint density at radius 2 is 2.44 bits per heavy atom. The molecule has 132 valence electrons. The van der Waals surface area contributed by atoms with Crippen LogP contribution in [0.15, 0.2) is 41.4 Å². The van der Waals surface area contributed by atoms with Crippen molar-refractivity contribution in [2.75, 3.05) is 26.3 Å². The molecule has 2 aliphatic heterocycles. The molecule has 0 aliphatic carbocycles. The van der Waals surface area contributed by atoms with Crippen LogP contribution in [-0.2, 0) is 4.74 Å². The molecule has 2 saturated heterocycles. The number of fused-ring (bicyclic) bond motifs is 1. The van der Waals surface area contributed by atoms with Crippen molar-refractivity contribution in [1.82, 2.24) is 9.88 Å². The summed E-state index contributed by atoms with van der Waals surface area (Å²) < 4.78 is 12.1. The van der Waals surface area contributed by atoms with Gasteiger partial charge in [-0.15, -0.1) is 0 Å². The van der Waals surface area contributed by atoms with Gasteiger partial charge in [0.25, 0.3) is 5.91 Å². The molecule has 25 heavy (non-hydrogen) atoms. The molecule has 6 heteroatoms. The van der Waals surface area contributed by atoms with Crippen LogP contribution >= 0.6 is 11.3 Å². The minimum atomic E-state index is -0.141. The first-order valence-electron chi connectivity index (χ1n) is 8.73. The topological polar surface area (TPSA) is 51.7 Å². The molecule has 5 nitrogen and oxygen atoms in total. The summed E-state index contributed by atoms with van der Waals surface area (Å²) in [6.45, 7) is 2.79. The molecule has 4 rings (SSSR count). The number of rotatable bonds is 4. The van der Waals surface area contributed by atoms with Gasteiger partial charge in [0.2, 0.25) is 0 Å². The largest absolute Gasteiger partial charge is 0.491 e. The van der Waals surface area contributed by atoms with Crippen LogP contribution in [0.5, 0.6) is 5.75 Å². The average molecular weight is 358 g/mol. The average Bonchev–Trinajstić information content (AvgIpc) is 3.21. The smallest absolute Gasteiger partial charge is 0.254 e. The number of ether oxygens (including phenoxy) is 2. The maximum Gasteiger partial charge on any atom is 0.254 e. The number of amides is 1. The third-order valence-electron chi connectivity index (χ3n) is 5.20. The number of hydrogen-bond acceptors (Lipinski definition) is 5. The van der Waals surface area contributed by atoms with Crippen molar-refractivity contribution < 1.29 is 14.3 Å². The van der Waals surface area contributed by atoms with E-state index in [9.17, 15) is 4.79 Å². The number of aromatic nitrogens is 1. The van der Waals surface area contributed by atoms with Gasteiger partial charge in [-0.2, -0.15) is 11.3 Å². The van der Waals surface area contributed by atoms with Crippen molar-refractivity contribution in [1.29, 1.82) is 0 Å². The van der Waals surface area contributed by atoms with E-state index >= 15 is 0 Å². The summed E-state index contributed by atoms with van der Waals surface area (Å²) in [7, 11) is 0. The number of thiophene rings is 1. The minimum absolute atomic E-state index is 0.117. The zero-order valence-corrected chi connectivity index (χ0v) is 14.9. The highest BCUT2D eigenvalue weighted by Gasteiger charge is 2.47. The highest BCUT2D eigenvalue weighted by molar-refractivity contribution is 7.08. The summed E-state index contributed by atoms with van der Waals surface area (Å²) >= 11 is 1.56. The van der Waals surface area contributed by atoms with Gasteiger partial charge in [-0.3, -0.25) is 9.78 Å². The molecule has 2 aromatic rings. The van der Waals surface area contributed by atoms with Gasteiger partial charge in [-0.05, 0) is 42.8 Å². The first kappa shape index (κ1) is 16.5. The van der Waals surface area contributed by atoms with Crippen LogP contribution in [0.2, 0.25) is 0 Å². The van der Waals surface area contributed by atoms with Gasteiger partial charge in [0.05, 0.1) is 24.5 Å². The maximum atomic E-state index is 12.8. The van der Waals surface area contributed by atoms with E-state index in [1.807, 2.05) is 33.9 Å². The molecule has 0 aromatic carbocycles. The molecule has 0 bridgehead atoms. The fourth-order valence-corrected chi connectivity index (χ4v) is 4.53. The Bertz CT molecular complexity index is 707. The van der Waals surface area contributed by atoms with Gasteiger partial charge in [0.1, 0.15) is 5.75 Å². The standard InChI is InChI=1S/C19H22N2O3S/c22-18(15-5-10-25-12-15)21-8-4-17-19(13-21,6-2-9-23-17)14-24-16-3-1-7-20-11-16/h1,3,5,7,10-12,17H,2,4,6,8-9,13-14H2. The Labute approximate surface area is 151 Å². The first-order valence-corrected chi connectivity index (χ1v) is 9.67. The summed E-state index contributed by atoms with van der Waals surface area (Å²) in [5.41, 5.74) is 0.640. The Morgan fingerprint density at radius 3 is 3.24 bits per heavy atom. The quantitative estimate of drug-likeness (QED) is 0.842. The van der Waals surface area contributed by atoms with Crippen molar-refractivity contribution >= 4 is 17.2 Å². The second-order valence-electron chi connectivity index (χ2n) is 6.83. The number of hydrogen-bond donors (Lipinski definition) is 0. The van der Waals surface area contributed by atoms with Crippen LogP contribution < -0.4 is 4.74 Å². The van der Waals surface area contributed by atoms with Gasteiger partial charge >= 0.3 is 0 Å². The minimum Gasteiger partial charge on any atom is -0.491 e. The highest BCUT2D eigenvalue weighted by atomic mass is 32.1. The van der Waals surface area contributed by atoms with E-state index in [1.54, 1.807) is 23.7 Å².